The Kier molecular flexibility index (Phi) is 7.27. The quantitative estimate of drug-likeness (QED) is 0.565. The van der Waals surface area contributed by atoms with E-state index in [0.29, 0.717) is 18.8 Å². The Balaban J connectivity index is 1.60. The number of guanidine groups is 1. The zero-order chi connectivity index (χ0) is 21.5. The first-order valence-corrected chi connectivity index (χ1v) is 10.4. The highest BCUT2D eigenvalue weighted by molar-refractivity contribution is 5.80. The second-order valence-corrected chi connectivity index (χ2v) is 7.88. The van der Waals surface area contributed by atoms with Crippen molar-refractivity contribution >= 4 is 11.9 Å². The van der Waals surface area contributed by atoms with Crippen molar-refractivity contribution < 1.29 is 9.53 Å². The lowest BCUT2D eigenvalue weighted by molar-refractivity contribution is -0.119. The fourth-order valence-corrected chi connectivity index (χ4v) is 3.74. The number of aryl methyl sites for hydroxylation is 2. The first-order chi connectivity index (χ1) is 14.4. The molecule has 0 bridgehead atoms. The second kappa shape index (κ2) is 10.1. The average molecular weight is 410 g/mol. The molecule has 1 fully saturated rings. The molecule has 1 saturated heterocycles. The van der Waals surface area contributed by atoms with Gasteiger partial charge in [0, 0.05) is 45.4 Å². The number of amides is 1. The van der Waals surface area contributed by atoms with Gasteiger partial charge in [-0.3, -0.25) is 9.79 Å². The number of ether oxygens (including phenoxy) is 1. The SMILES string of the molecule is CN=C(NCc1ccnc(Oc2ccc(C)c(C)c2)c1)N1CCCC(CC(N)=O)C1. The monoisotopic (exact) mass is 409 g/mol. The number of carbonyl (C=O) groups excluding carboxylic acids is 1. The Hall–Kier alpha value is -3.09. The Bertz CT molecular complexity index is 912. The van der Waals surface area contributed by atoms with Crippen molar-refractivity contribution in [3.8, 4) is 11.6 Å². The van der Waals surface area contributed by atoms with Gasteiger partial charge in [-0.1, -0.05) is 6.07 Å². The molecule has 2 aromatic rings. The maximum absolute atomic E-state index is 11.3. The Morgan fingerprint density at radius 2 is 2.13 bits per heavy atom. The number of nitrogens with zero attached hydrogens (tertiary/aromatic N) is 3. The summed E-state index contributed by atoms with van der Waals surface area (Å²) in [6.07, 6.45) is 4.23. The lowest BCUT2D eigenvalue weighted by Gasteiger charge is -2.34. The molecule has 1 aliphatic heterocycles. The van der Waals surface area contributed by atoms with Crippen LogP contribution in [-0.2, 0) is 11.3 Å². The number of likely N-dealkylation sites (tertiary alicyclic amines) is 1. The number of hydrogen-bond donors (Lipinski definition) is 2. The summed E-state index contributed by atoms with van der Waals surface area (Å²) in [4.78, 5) is 22.2. The summed E-state index contributed by atoms with van der Waals surface area (Å²) in [6, 6.07) is 9.91. The molecule has 0 saturated carbocycles. The van der Waals surface area contributed by atoms with Gasteiger partial charge in [0.25, 0.3) is 0 Å². The average Bonchev–Trinajstić information content (AvgIpc) is 2.71. The van der Waals surface area contributed by atoms with Gasteiger partial charge >= 0.3 is 0 Å². The number of aliphatic imine (C=N–C) groups is 1. The number of rotatable bonds is 6. The zero-order valence-electron chi connectivity index (χ0n) is 18.0. The molecule has 1 unspecified atom stereocenters. The molecule has 7 heteroatoms. The number of nitrogens with one attached hydrogen (secondary N) is 1. The maximum Gasteiger partial charge on any atom is 0.219 e. The molecule has 0 spiro atoms. The molecular formula is C23H31N5O2. The molecule has 3 rings (SSSR count). The van der Waals surface area contributed by atoms with Crippen molar-refractivity contribution in [3.63, 3.8) is 0 Å². The van der Waals surface area contributed by atoms with Crippen LogP contribution in [0.3, 0.4) is 0 Å². The van der Waals surface area contributed by atoms with Crippen LogP contribution < -0.4 is 15.8 Å². The minimum atomic E-state index is -0.238. The number of aromatic nitrogens is 1. The van der Waals surface area contributed by atoms with E-state index in [4.69, 9.17) is 10.5 Å². The van der Waals surface area contributed by atoms with Gasteiger partial charge in [-0.15, -0.1) is 0 Å². The molecule has 1 aromatic heterocycles. The maximum atomic E-state index is 11.3. The van der Waals surface area contributed by atoms with Crippen LogP contribution in [0.25, 0.3) is 0 Å². The summed E-state index contributed by atoms with van der Waals surface area (Å²) in [5, 5.41) is 3.41. The van der Waals surface area contributed by atoms with E-state index in [2.05, 4.69) is 34.0 Å². The van der Waals surface area contributed by atoms with Gasteiger partial charge in [0.05, 0.1) is 0 Å². The van der Waals surface area contributed by atoms with E-state index in [-0.39, 0.29) is 11.8 Å². The topological polar surface area (TPSA) is 92.8 Å². The normalized spacial score (nSPS) is 17.0. The molecule has 7 nitrogen and oxygen atoms in total. The first kappa shape index (κ1) is 21.6. The van der Waals surface area contributed by atoms with Crippen LogP contribution in [0.4, 0.5) is 0 Å². The fraction of sp³-hybridized carbons (Fsp3) is 0.435. The third-order valence-corrected chi connectivity index (χ3v) is 5.47. The molecular weight excluding hydrogens is 378 g/mol. The lowest BCUT2D eigenvalue weighted by atomic mass is 9.95. The van der Waals surface area contributed by atoms with Crippen LogP contribution >= 0.6 is 0 Å². The van der Waals surface area contributed by atoms with E-state index < -0.39 is 0 Å². The van der Waals surface area contributed by atoms with Crippen molar-refractivity contribution in [1.29, 1.82) is 0 Å². The minimum absolute atomic E-state index is 0.238. The van der Waals surface area contributed by atoms with E-state index in [1.807, 2.05) is 30.3 Å². The number of nitrogens with two attached hydrogens (primary N) is 1. The number of piperidine rings is 1. The van der Waals surface area contributed by atoms with Gasteiger partial charge in [-0.05, 0) is 67.5 Å². The smallest absolute Gasteiger partial charge is 0.219 e. The fourth-order valence-electron chi connectivity index (χ4n) is 3.74. The van der Waals surface area contributed by atoms with Gasteiger partial charge in [0.15, 0.2) is 5.96 Å². The van der Waals surface area contributed by atoms with Crippen molar-refractivity contribution in [2.45, 2.75) is 39.7 Å². The largest absolute Gasteiger partial charge is 0.439 e. The van der Waals surface area contributed by atoms with E-state index in [0.717, 1.165) is 43.2 Å². The number of hydrogen-bond acceptors (Lipinski definition) is 4. The van der Waals surface area contributed by atoms with Gasteiger partial charge in [-0.2, -0.15) is 0 Å². The highest BCUT2D eigenvalue weighted by atomic mass is 16.5. The van der Waals surface area contributed by atoms with Crippen LogP contribution in [0.1, 0.15) is 36.0 Å². The summed E-state index contributed by atoms with van der Waals surface area (Å²) in [7, 11) is 1.78. The van der Waals surface area contributed by atoms with Gasteiger partial charge in [0.2, 0.25) is 11.8 Å². The summed E-state index contributed by atoms with van der Waals surface area (Å²) in [5.74, 6) is 2.22. The third-order valence-electron chi connectivity index (χ3n) is 5.47. The summed E-state index contributed by atoms with van der Waals surface area (Å²) < 4.78 is 5.93. The Morgan fingerprint density at radius 3 is 2.87 bits per heavy atom. The molecule has 2 heterocycles. The van der Waals surface area contributed by atoms with E-state index in [1.165, 1.54) is 11.1 Å². The predicted molar refractivity (Wildman–Crippen MR) is 119 cm³/mol. The van der Waals surface area contributed by atoms with Crippen molar-refractivity contribution in [1.82, 2.24) is 15.2 Å². The predicted octanol–water partition coefficient (Wildman–Crippen LogP) is 3.15. The molecule has 0 radical (unpaired) electrons. The van der Waals surface area contributed by atoms with E-state index >= 15 is 0 Å². The summed E-state index contributed by atoms with van der Waals surface area (Å²) in [5.41, 5.74) is 8.84. The second-order valence-electron chi connectivity index (χ2n) is 7.88. The Morgan fingerprint density at radius 1 is 1.30 bits per heavy atom. The molecule has 160 valence electrons. The van der Waals surface area contributed by atoms with Crippen LogP contribution in [0.15, 0.2) is 41.5 Å². The Labute approximate surface area is 178 Å². The highest BCUT2D eigenvalue weighted by Gasteiger charge is 2.23. The van der Waals surface area contributed by atoms with Crippen molar-refractivity contribution in [3.05, 3.63) is 53.2 Å². The molecule has 1 aromatic carbocycles. The minimum Gasteiger partial charge on any atom is -0.439 e. The van der Waals surface area contributed by atoms with Gasteiger partial charge in [0.1, 0.15) is 5.75 Å². The molecule has 1 atom stereocenters. The van der Waals surface area contributed by atoms with Gasteiger partial charge in [-0.25, -0.2) is 4.98 Å². The number of benzene rings is 1. The summed E-state index contributed by atoms with van der Waals surface area (Å²) >= 11 is 0. The number of carbonyl (C=O) groups is 1. The van der Waals surface area contributed by atoms with Crippen molar-refractivity contribution in [2.24, 2.45) is 16.6 Å². The van der Waals surface area contributed by atoms with E-state index in [9.17, 15) is 4.79 Å². The number of pyridine rings is 1. The molecule has 3 N–H and O–H groups in total. The summed E-state index contributed by atoms with van der Waals surface area (Å²) in [6.45, 7) is 6.47. The number of primary amides is 1. The molecule has 30 heavy (non-hydrogen) atoms. The molecule has 1 aliphatic rings. The van der Waals surface area contributed by atoms with Crippen LogP contribution in [0.2, 0.25) is 0 Å². The third kappa shape index (κ3) is 5.95. The van der Waals surface area contributed by atoms with Crippen LogP contribution in [-0.4, -0.2) is 41.9 Å². The van der Waals surface area contributed by atoms with Gasteiger partial charge < -0.3 is 20.7 Å². The molecule has 0 aliphatic carbocycles. The zero-order valence-corrected chi connectivity index (χ0v) is 18.0. The van der Waals surface area contributed by atoms with Crippen molar-refractivity contribution in [2.75, 3.05) is 20.1 Å². The lowest BCUT2D eigenvalue weighted by Crippen LogP contribution is -2.46. The van der Waals surface area contributed by atoms with E-state index in [1.54, 1.807) is 13.2 Å². The first-order valence-electron chi connectivity index (χ1n) is 10.4. The standard InChI is InChI=1S/C23H31N5O2/c1-16-6-7-20(11-17(16)2)30-22-13-18(8-9-26-22)14-27-23(25-3)28-10-4-5-19(15-28)12-21(24)29/h6-9,11,13,19H,4-5,10,12,14-15H2,1-3H3,(H2,24,29)(H,25,27). The van der Waals surface area contributed by atoms with Crippen LogP contribution in [0, 0.1) is 19.8 Å². The molecule has 1 amide bonds. The highest BCUT2D eigenvalue weighted by Crippen LogP contribution is 2.23. The van der Waals surface area contributed by atoms with Crippen LogP contribution in [0.5, 0.6) is 11.6 Å².